The summed E-state index contributed by atoms with van der Waals surface area (Å²) in [6.07, 6.45) is 8.65. The number of nitrogens with one attached hydrogen (secondary N) is 2. The molecular weight excluding hydrogens is 228 g/mol. The number of hydrogen-bond acceptors (Lipinski definition) is 5. The lowest BCUT2D eigenvalue weighted by molar-refractivity contribution is 0.0347. The van der Waals surface area contributed by atoms with E-state index in [9.17, 15) is 0 Å². The van der Waals surface area contributed by atoms with Gasteiger partial charge in [-0.1, -0.05) is 19.3 Å². The second kappa shape index (κ2) is 7.16. The van der Waals surface area contributed by atoms with Gasteiger partial charge in [0, 0.05) is 19.8 Å². The number of nitrogens with zero attached hydrogens (tertiary/aromatic N) is 2. The molecule has 0 amide bonds. The molecule has 18 heavy (non-hydrogen) atoms. The lowest BCUT2D eigenvalue weighted by atomic mass is 9.98. The molecule has 2 N–H and O–H groups in total. The van der Waals surface area contributed by atoms with E-state index in [2.05, 4.69) is 20.6 Å². The third-order valence-corrected chi connectivity index (χ3v) is 3.19. The van der Waals surface area contributed by atoms with Gasteiger partial charge in [0.15, 0.2) is 0 Å². The largest absolute Gasteiger partial charge is 0.376 e. The summed E-state index contributed by atoms with van der Waals surface area (Å²) in [7, 11) is 1.81. The zero-order chi connectivity index (χ0) is 12.6. The molecule has 1 aliphatic rings. The fourth-order valence-electron chi connectivity index (χ4n) is 2.21. The molecule has 0 radical (unpaired) electrons. The topological polar surface area (TPSA) is 59.1 Å². The predicted molar refractivity (Wildman–Crippen MR) is 72.9 cm³/mol. The van der Waals surface area contributed by atoms with Crippen molar-refractivity contribution in [2.45, 2.75) is 38.2 Å². The summed E-state index contributed by atoms with van der Waals surface area (Å²) in [5, 5.41) is 6.16. The molecule has 1 heterocycles. The minimum absolute atomic E-state index is 0.471. The predicted octanol–water partition coefficient (Wildman–Crippen LogP) is 2.28. The third-order valence-electron chi connectivity index (χ3n) is 3.19. The highest BCUT2D eigenvalue weighted by atomic mass is 16.5. The Morgan fingerprint density at radius 2 is 2.17 bits per heavy atom. The van der Waals surface area contributed by atoms with Crippen molar-refractivity contribution in [2.24, 2.45) is 0 Å². The first-order valence-electron chi connectivity index (χ1n) is 6.75. The number of anilines is 2. The van der Waals surface area contributed by atoms with Crippen molar-refractivity contribution in [3.8, 4) is 0 Å². The fraction of sp³-hybridized carbons (Fsp3) is 0.692. The molecule has 100 valence electrons. The van der Waals surface area contributed by atoms with Crippen LogP contribution in [0, 0.1) is 0 Å². The monoisotopic (exact) mass is 250 g/mol. The molecule has 0 atom stereocenters. The molecule has 1 aromatic rings. The average molecular weight is 250 g/mol. The molecule has 0 aromatic carbocycles. The van der Waals surface area contributed by atoms with Crippen molar-refractivity contribution in [1.29, 1.82) is 0 Å². The summed E-state index contributed by atoms with van der Waals surface area (Å²) in [6.45, 7) is 1.53. The molecule has 0 spiro atoms. The molecular formula is C13H22N4O. The van der Waals surface area contributed by atoms with Crippen LogP contribution >= 0.6 is 0 Å². The summed E-state index contributed by atoms with van der Waals surface area (Å²) in [5.41, 5.74) is 0. The van der Waals surface area contributed by atoms with Gasteiger partial charge in [-0.2, -0.15) is 4.98 Å². The van der Waals surface area contributed by atoms with E-state index in [1.54, 1.807) is 6.20 Å². The van der Waals surface area contributed by atoms with Crippen molar-refractivity contribution in [3.05, 3.63) is 12.3 Å². The smallest absolute Gasteiger partial charge is 0.224 e. The van der Waals surface area contributed by atoms with Crippen LogP contribution in [-0.2, 0) is 4.74 Å². The minimum Gasteiger partial charge on any atom is -0.376 e. The molecule has 2 rings (SSSR count). The summed E-state index contributed by atoms with van der Waals surface area (Å²) in [6, 6.07) is 1.86. The van der Waals surface area contributed by atoms with Gasteiger partial charge in [-0.15, -0.1) is 0 Å². The number of ether oxygens (including phenoxy) is 1. The van der Waals surface area contributed by atoms with Crippen LogP contribution in [0.3, 0.4) is 0 Å². The molecule has 0 saturated heterocycles. The van der Waals surface area contributed by atoms with Gasteiger partial charge in [0.05, 0.1) is 12.7 Å². The van der Waals surface area contributed by atoms with Crippen LogP contribution in [0.5, 0.6) is 0 Å². The van der Waals surface area contributed by atoms with E-state index in [1.165, 1.54) is 32.1 Å². The maximum atomic E-state index is 5.84. The molecule has 0 unspecified atom stereocenters. The van der Waals surface area contributed by atoms with Gasteiger partial charge in [0.2, 0.25) is 5.95 Å². The fourth-order valence-corrected chi connectivity index (χ4v) is 2.21. The van der Waals surface area contributed by atoms with Crippen LogP contribution in [0.25, 0.3) is 0 Å². The molecule has 5 nitrogen and oxygen atoms in total. The zero-order valence-corrected chi connectivity index (χ0v) is 11.0. The van der Waals surface area contributed by atoms with Crippen molar-refractivity contribution in [1.82, 2.24) is 9.97 Å². The first kappa shape index (κ1) is 13.1. The van der Waals surface area contributed by atoms with Crippen molar-refractivity contribution in [2.75, 3.05) is 30.8 Å². The SMILES string of the molecule is CNc1nccc(NCCOC2CCCCC2)n1. The second-order valence-corrected chi connectivity index (χ2v) is 4.57. The van der Waals surface area contributed by atoms with E-state index in [1.807, 2.05) is 13.1 Å². The molecule has 5 heteroatoms. The van der Waals surface area contributed by atoms with Crippen LogP contribution in [-0.4, -0.2) is 36.3 Å². The van der Waals surface area contributed by atoms with Gasteiger partial charge < -0.3 is 15.4 Å². The van der Waals surface area contributed by atoms with Crippen LogP contribution in [0.1, 0.15) is 32.1 Å². The number of rotatable bonds is 6. The molecule has 0 bridgehead atoms. The van der Waals surface area contributed by atoms with E-state index < -0.39 is 0 Å². The van der Waals surface area contributed by atoms with Gasteiger partial charge in [-0.25, -0.2) is 4.98 Å². The van der Waals surface area contributed by atoms with E-state index in [0.29, 0.717) is 12.1 Å². The Morgan fingerprint density at radius 3 is 2.94 bits per heavy atom. The highest BCUT2D eigenvalue weighted by Gasteiger charge is 2.12. The number of aromatic nitrogens is 2. The van der Waals surface area contributed by atoms with Gasteiger partial charge in [0.1, 0.15) is 5.82 Å². The van der Waals surface area contributed by atoms with Gasteiger partial charge in [-0.3, -0.25) is 0 Å². The van der Waals surface area contributed by atoms with Gasteiger partial charge in [0.25, 0.3) is 0 Å². The van der Waals surface area contributed by atoms with E-state index in [0.717, 1.165) is 19.0 Å². The Labute approximate surface area is 108 Å². The normalized spacial score (nSPS) is 16.5. The molecule has 1 aliphatic carbocycles. The third kappa shape index (κ3) is 4.14. The maximum Gasteiger partial charge on any atom is 0.224 e. The van der Waals surface area contributed by atoms with Crippen LogP contribution in [0.2, 0.25) is 0 Å². The molecule has 1 saturated carbocycles. The van der Waals surface area contributed by atoms with Crippen molar-refractivity contribution in [3.63, 3.8) is 0 Å². The molecule has 1 aromatic heterocycles. The Balaban J connectivity index is 1.65. The summed E-state index contributed by atoms with van der Waals surface area (Å²) in [5.74, 6) is 1.47. The Morgan fingerprint density at radius 1 is 1.33 bits per heavy atom. The lowest BCUT2D eigenvalue weighted by Crippen LogP contribution is -2.20. The van der Waals surface area contributed by atoms with Crippen molar-refractivity contribution >= 4 is 11.8 Å². The van der Waals surface area contributed by atoms with Gasteiger partial charge >= 0.3 is 0 Å². The minimum atomic E-state index is 0.471. The van der Waals surface area contributed by atoms with Crippen LogP contribution in [0.15, 0.2) is 12.3 Å². The Kier molecular flexibility index (Phi) is 5.20. The Bertz CT molecular complexity index is 353. The van der Waals surface area contributed by atoms with Crippen LogP contribution < -0.4 is 10.6 Å². The lowest BCUT2D eigenvalue weighted by Gasteiger charge is -2.22. The van der Waals surface area contributed by atoms with E-state index in [4.69, 9.17) is 4.74 Å². The average Bonchev–Trinajstić information content (AvgIpc) is 2.45. The maximum absolute atomic E-state index is 5.84. The zero-order valence-electron chi connectivity index (χ0n) is 11.0. The van der Waals surface area contributed by atoms with E-state index >= 15 is 0 Å². The Hall–Kier alpha value is -1.36. The van der Waals surface area contributed by atoms with Crippen LogP contribution in [0.4, 0.5) is 11.8 Å². The standard InChI is InChI=1S/C13H22N4O/c1-14-13-16-8-7-12(17-13)15-9-10-18-11-5-3-2-4-6-11/h7-8,11H,2-6,9-10H2,1H3,(H2,14,15,16,17). The quantitative estimate of drug-likeness (QED) is 0.759. The highest BCUT2D eigenvalue weighted by Crippen LogP contribution is 2.19. The summed E-state index contributed by atoms with van der Waals surface area (Å²) in [4.78, 5) is 8.35. The molecule has 1 fully saturated rings. The second-order valence-electron chi connectivity index (χ2n) is 4.57. The molecule has 0 aliphatic heterocycles. The van der Waals surface area contributed by atoms with Crippen molar-refractivity contribution < 1.29 is 4.74 Å². The number of hydrogen-bond donors (Lipinski definition) is 2. The first-order valence-corrected chi connectivity index (χ1v) is 6.75. The highest BCUT2D eigenvalue weighted by molar-refractivity contribution is 5.38. The summed E-state index contributed by atoms with van der Waals surface area (Å²) < 4.78 is 5.84. The summed E-state index contributed by atoms with van der Waals surface area (Å²) >= 11 is 0. The van der Waals surface area contributed by atoms with E-state index in [-0.39, 0.29) is 0 Å². The first-order chi connectivity index (χ1) is 8.88. The van der Waals surface area contributed by atoms with Gasteiger partial charge in [-0.05, 0) is 18.9 Å².